The minimum atomic E-state index is -4.53. The number of aromatic nitrogens is 2. The van der Waals surface area contributed by atoms with Crippen LogP contribution in [0.15, 0.2) is 36.5 Å². The monoisotopic (exact) mass is 269 g/mol. The van der Waals surface area contributed by atoms with Crippen LogP contribution >= 0.6 is 0 Å². The van der Waals surface area contributed by atoms with Gasteiger partial charge in [0.15, 0.2) is 5.69 Å². The molecule has 1 aromatic heterocycles. The molecule has 0 unspecified atom stereocenters. The molecule has 4 nitrogen and oxygen atoms in total. The van der Waals surface area contributed by atoms with E-state index in [0.29, 0.717) is 11.3 Å². The van der Waals surface area contributed by atoms with E-state index in [4.69, 9.17) is 10.5 Å². The Bertz CT molecular complexity index is 572. The lowest BCUT2D eigenvalue weighted by molar-refractivity contribution is -0.141. The summed E-state index contributed by atoms with van der Waals surface area (Å²) in [6.07, 6.45) is -3.54. The van der Waals surface area contributed by atoms with E-state index in [-0.39, 0.29) is 12.6 Å². The SMILES string of the molecule is NCc1ccccc1Oc1nccc(C(F)(F)F)n1. The lowest BCUT2D eigenvalue weighted by Gasteiger charge is -2.10. The van der Waals surface area contributed by atoms with Crippen LogP contribution in [0.3, 0.4) is 0 Å². The van der Waals surface area contributed by atoms with Crippen LogP contribution < -0.4 is 10.5 Å². The van der Waals surface area contributed by atoms with Crippen molar-refractivity contribution in [2.45, 2.75) is 12.7 Å². The van der Waals surface area contributed by atoms with E-state index in [0.717, 1.165) is 12.3 Å². The summed E-state index contributed by atoms with van der Waals surface area (Å²) in [7, 11) is 0. The number of benzene rings is 1. The molecule has 0 saturated heterocycles. The summed E-state index contributed by atoms with van der Waals surface area (Å²) in [4.78, 5) is 6.96. The molecule has 0 aliphatic heterocycles. The Labute approximate surface area is 107 Å². The maximum Gasteiger partial charge on any atom is 0.433 e. The molecule has 1 aromatic carbocycles. The molecule has 0 bridgehead atoms. The van der Waals surface area contributed by atoms with Crippen LogP contribution in [0.25, 0.3) is 0 Å². The van der Waals surface area contributed by atoms with Crippen molar-refractivity contribution in [3.05, 3.63) is 47.8 Å². The summed E-state index contributed by atoms with van der Waals surface area (Å²) in [5.74, 6) is 0.337. The van der Waals surface area contributed by atoms with Crippen molar-refractivity contribution in [1.82, 2.24) is 9.97 Å². The first kappa shape index (κ1) is 13.3. The predicted octanol–water partition coefficient (Wildman–Crippen LogP) is 2.75. The minimum Gasteiger partial charge on any atom is -0.424 e. The van der Waals surface area contributed by atoms with Gasteiger partial charge in [0.05, 0.1) is 0 Å². The zero-order valence-electron chi connectivity index (χ0n) is 9.69. The molecular weight excluding hydrogens is 259 g/mol. The smallest absolute Gasteiger partial charge is 0.424 e. The lowest BCUT2D eigenvalue weighted by atomic mass is 10.2. The van der Waals surface area contributed by atoms with Crippen LogP contribution in [0.4, 0.5) is 13.2 Å². The van der Waals surface area contributed by atoms with Crippen molar-refractivity contribution < 1.29 is 17.9 Å². The molecule has 0 aliphatic rings. The Morgan fingerprint density at radius 1 is 1.16 bits per heavy atom. The molecule has 2 N–H and O–H groups in total. The van der Waals surface area contributed by atoms with Gasteiger partial charge in [-0.05, 0) is 12.1 Å². The van der Waals surface area contributed by atoms with Crippen LogP contribution in [-0.4, -0.2) is 9.97 Å². The van der Waals surface area contributed by atoms with Crippen LogP contribution in [0.5, 0.6) is 11.8 Å². The topological polar surface area (TPSA) is 61.0 Å². The van der Waals surface area contributed by atoms with Gasteiger partial charge in [0.2, 0.25) is 0 Å². The summed E-state index contributed by atoms with van der Waals surface area (Å²) in [6.45, 7) is 0.204. The van der Waals surface area contributed by atoms with Crippen molar-refractivity contribution in [3.8, 4) is 11.8 Å². The minimum absolute atomic E-state index is 0.204. The van der Waals surface area contributed by atoms with Gasteiger partial charge >= 0.3 is 12.2 Å². The lowest BCUT2D eigenvalue weighted by Crippen LogP contribution is -2.09. The molecule has 7 heteroatoms. The summed E-state index contributed by atoms with van der Waals surface area (Å²) in [6, 6.07) is 7.15. The number of ether oxygens (including phenoxy) is 1. The Balaban J connectivity index is 2.29. The van der Waals surface area contributed by atoms with Gasteiger partial charge in [-0.15, -0.1) is 0 Å². The predicted molar refractivity (Wildman–Crippen MR) is 61.4 cm³/mol. The van der Waals surface area contributed by atoms with Crippen molar-refractivity contribution >= 4 is 0 Å². The Morgan fingerprint density at radius 3 is 2.58 bits per heavy atom. The van der Waals surface area contributed by atoms with Crippen molar-refractivity contribution in [2.24, 2.45) is 5.73 Å². The molecule has 2 aromatic rings. The Hall–Kier alpha value is -2.15. The number of halogens is 3. The van der Waals surface area contributed by atoms with Gasteiger partial charge in [-0.25, -0.2) is 4.98 Å². The molecule has 0 amide bonds. The van der Waals surface area contributed by atoms with E-state index in [1.165, 1.54) is 0 Å². The van der Waals surface area contributed by atoms with Crippen LogP contribution in [0, 0.1) is 0 Å². The second-order valence-corrected chi connectivity index (χ2v) is 3.64. The Kier molecular flexibility index (Phi) is 3.66. The third kappa shape index (κ3) is 3.19. The van der Waals surface area contributed by atoms with E-state index >= 15 is 0 Å². The largest absolute Gasteiger partial charge is 0.433 e. The molecule has 0 radical (unpaired) electrons. The van der Waals surface area contributed by atoms with Gasteiger partial charge in [-0.1, -0.05) is 18.2 Å². The number of nitrogens with two attached hydrogens (primary N) is 1. The number of para-hydroxylation sites is 1. The molecule has 2 rings (SSSR count). The maximum atomic E-state index is 12.5. The molecular formula is C12H10F3N3O. The van der Waals surface area contributed by atoms with Crippen LogP contribution in [-0.2, 0) is 12.7 Å². The fraction of sp³-hybridized carbons (Fsp3) is 0.167. The van der Waals surface area contributed by atoms with E-state index < -0.39 is 11.9 Å². The molecule has 100 valence electrons. The average molecular weight is 269 g/mol. The van der Waals surface area contributed by atoms with E-state index in [1.807, 2.05) is 0 Å². The zero-order valence-corrected chi connectivity index (χ0v) is 9.69. The highest BCUT2D eigenvalue weighted by atomic mass is 19.4. The molecule has 0 fully saturated rings. The molecule has 0 atom stereocenters. The highest BCUT2D eigenvalue weighted by Crippen LogP contribution is 2.29. The molecule has 1 heterocycles. The zero-order chi connectivity index (χ0) is 13.9. The Morgan fingerprint density at radius 2 is 1.89 bits per heavy atom. The number of nitrogens with zero attached hydrogens (tertiary/aromatic N) is 2. The number of rotatable bonds is 3. The number of alkyl halides is 3. The van der Waals surface area contributed by atoms with E-state index in [1.54, 1.807) is 24.3 Å². The second kappa shape index (κ2) is 5.23. The van der Waals surface area contributed by atoms with E-state index in [2.05, 4.69) is 9.97 Å². The fourth-order valence-corrected chi connectivity index (χ4v) is 1.42. The van der Waals surface area contributed by atoms with Crippen molar-refractivity contribution in [2.75, 3.05) is 0 Å². The van der Waals surface area contributed by atoms with Crippen LogP contribution in [0.2, 0.25) is 0 Å². The molecule has 19 heavy (non-hydrogen) atoms. The van der Waals surface area contributed by atoms with Crippen molar-refractivity contribution in [1.29, 1.82) is 0 Å². The quantitative estimate of drug-likeness (QED) is 0.930. The molecule has 0 saturated carbocycles. The second-order valence-electron chi connectivity index (χ2n) is 3.64. The van der Waals surface area contributed by atoms with E-state index in [9.17, 15) is 13.2 Å². The van der Waals surface area contributed by atoms with Gasteiger partial charge < -0.3 is 10.5 Å². The van der Waals surface area contributed by atoms with Crippen molar-refractivity contribution in [3.63, 3.8) is 0 Å². The first-order chi connectivity index (χ1) is 9.00. The standard InChI is InChI=1S/C12H10F3N3O/c13-12(14,15)10-5-6-17-11(18-10)19-9-4-2-1-3-8(9)7-16/h1-6H,7,16H2. The van der Waals surface area contributed by atoms with Gasteiger partial charge in [0.1, 0.15) is 5.75 Å². The van der Waals surface area contributed by atoms with Gasteiger partial charge in [-0.2, -0.15) is 18.2 Å². The first-order valence-electron chi connectivity index (χ1n) is 5.37. The summed E-state index contributed by atoms with van der Waals surface area (Å²) >= 11 is 0. The summed E-state index contributed by atoms with van der Waals surface area (Å²) < 4.78 is 42.7. The van der Waals surface area contributed by atoms with Gasteiger partial charge in [0, 0.05) is 18.3 Å². The van der Waals surface area contributed by atoms with Gasteiger partial charge in [-0.3, -0.25) is 0 Å². The number of hydrogen-bond donors (Lipinski definition) is 1. The maximum absolute atomic E-state index is 12.5. The number of hydrogen-bond acceptors (Lipinski definition) is 4. The average Bonchev–Trinajstić information content (AvgIpc) is 2.39. The molecule has 0 spiro atoms. The summed E-state index contributed by atoms with van der Waals surface area (Å²) in [5.41, 5.74) is 5.11. The highest BCUT2D eigenvalue weighted by molar-refractivity contribution is 5.34. The third-order valence-electron chi connectivity index (χ3n) is 2.32. The fourth-order valence-electron chi connectivity index (χ4n) is 1.42. The molecule has 0 aliphatic carbocycles. The highest BCUT2D eigenvalue weighted by Gasteiger charge is 2.33. The summed E-state index contributed by atoms with van der Waals surface area (Å²) in [5, 5.41) is 0. The van der Waals surface area contributed by atoms with Crippen LogP contribution in [0.1, 0.15) is 11.3 Å². The first-order valence-corrected chi connectivity index (χ1v) is 5.37. The van der Waals surface area contributed by atoms with Gasteiger partial charge in [0.25, 0.3) is 0 Å². The normalized spacial score (nSPS) is 11.4. The third-order valence-corrected chi connectivity index (χ3v) is 2.32.